The first-order chi connectivity index (χ1) is 25.2. The predicted octanol–water partition coefficient (Wildman–Crippen LogP) is 14.0. The summed E-state index contributed by atoms with van der Waals surface area (Å²) in [5, 5.41) is 0. The van der Waals surface area contributed by atoms with Gasteiger partial charge in [-0.2, -0.15) is 0 Å². The molecule has 52 heavy (non-hydrogen) atoms. The minimum absolute atomic E-state index is 0.0671. The Morgan fingerprint density at radius 1 is 0.385 bits per heavy atom. The molecule has 6 nitrogen and oxygen atoms in total. The summed E-state index contributed by atoms with van der Waals surface area (Å²) >= 11 is 0. The van der Waals surface area contributed by atoms with E-state index in [4.69, 9.17) is 14.2 Å². The van der Waals surface area contributed by atoms with E-state index in [-0.39, 0.29) is 31.1 Å². The van der Waals surface area contributed by atoms with Crippen LogP contribution in [0.5, 0.6) is 0 Å². The molecule has 0 aliphatic heterocycles. The molecule has 0 fully saturated rings. The zero-order valence-corrected chi connectivity index (χ0v) is 35.6. The van der Waals surface area contributed by atoms with Crippen molar-refractivity contribution in [2.24, 2.45) is 17.8 Å². The maximum absolute atomic E-state index is 12.7. The van der Waals surface area contributed by atoms with Crippen LogP contribution in [0.1, 0.15) is 241 Å². The highest BCUT2D eigenvalue weighted by molar-refractivity contribution is 5.71. The first-order valence-corrected chi connectivity index (χ1v) is 22.7. The van der Waals surface area contributed by atoms with Crippen molar-refractivity contribution in [1.29, 1.82) is 0 Å². The third kappa shape index (κ3) is 36.8. The summed E-state index contributed by atoms with van der Waals surface area (Å²) in [7, 11) is 0. The smallest absolute Gasteiger partial charge is 0.306 e. The largest absolute Gasteiger partial charge is 0.462 e. The molecule has 0 bridgehead atoms. The number of carbonyl (C=O) groups excluding carboxylic acids is 3. The van der Waals surface area contributed by atoms with Gasteiger partial charge in [0.15, 0.2) is 6.10 Å². The highest BCUT2D eigenvalue weighted by Gasteiger charge is 2.19. The molecule has 0 aliphatic carbocycles. The molecule has 0 N–H and O–H groups in total. The van der Waals surface area contributed by atoms with E-state index in [1.165, 1.54) is 122 Å². The average Bonchev–Trinajstić information content (AvgIpc) is 3.12. The zero-order chi connectivity index (χ0) is 38.5. The molecule has 0 spiro atoms. The number of unbranched alkanes of at least 4 members (excludes halogenated alkanes) is 20. The SMILES string of the molecule is CCC(C)CCCCCCCCCCC(=O)OC[C@H](COC(=O)CCCCCCCCC(C)CC)OC(=O)CCCCCCCCCCCC(C)C. The summed E-state index contributed by atoms with van der Waals surface area (Å²) < 4.78 is 16.7. The second-order valence-corrected chi connectivity index (χ2v) is 16.6. The third-order valence-electron chi connectivity index (χ3n) is 10.9. The summed E-state index contributed by atoms with van der Waals surface area (Å²) in [5.41, 5.74) is 0. The predicted molar refractivity (Wildman–Crippen MR) is 219 cm³/mol. The van der Waals surface area contributed by atoms with Crippen molar-refractivity contribution < 1.29 is 28.6 Å². The fourth-order valence-corrected chi connectivity index (χ4v) is 6.64. The molecule has 0 aromatic rings. The molecule has 2 unspecified atom stereocenters. The van der Waals surface area contributed by atoms with Gasteiger partial charge in [-0.25, -0.2) is 0 Å². The zero-order valence-electron chi connectivity index (χ0n) is 35.6. The first kappa shape index (κ1) is 50.4. The Hall–Kier alpha value is -1.59. The maximum atomic E-state index is 12.7. The van der Waals surface area contributed by atoms with Gasteiger partial charge in [-0.05, 0) is 37.0 Å². The van der Waals surface area contributed by atoms with Gasteiger partial charge in [-0.15, -0.1) is 0 Å². The van der Waals surface area contributed by atoms with Crippen LogP contribution in [0.4, 0.5) is 0 Å². The lowest BCUT2D eigenvalue weighted by atomic mass is 9.99. The minimum atomic E-state index is -0.762. The van der Waals surface area contributed by atoms with Crippen molar-refractivity contribution in [2.45, 2.75) is 247 Å². The lowest BCUT2D eigenvalue weighted by molar-refractivity contribution is -0.167. The molecule has 0 rings (SSSR count). The van der Waals surface area contributed by atoms with Gasteiger partial charge in [0.25, 0.3) is 0 Å². The molecule has 308 valence electrons. The van der Waals surface area contributed by atoms with Crippen LogP contribution in [-0.2, 0) is 28.6 Å². The van der Waals surface area contributed by atoms with Crippen molar-refractivity contribution in [3.8, 4) is 0 Å². The van der Waals surface area contributed by atoms with Gasteiger partial charge in [0.2, 0.25) is 0 Å². The molecule has 0 heterocycles. The number of ether oxygens (including phenoxy) is 3. The summed E-state index contributed by atoms with van der Waals surface area (Å²) in [5.74, 6) is 1.60. The molecule has 0 saturated heterocycles. The van der Waals surface area contributed by atoms with Gasteiger partial charge >= 0.3 is 17.9 Å². The van der Waals surface area contributed by atoms with E-state index in [1.54, 1.807) is 0 Å². The Kier molecular flexibility index (Phi) is 36.6. The summed E-state index contributed by atoms with van der Waals surface area (Å²) in [6.07, 6.45) is 33.7. The molecular formula is C46H88O6. The molecule has 0 saturated carbocycles. The van der Waals surface area contributed by atoms with Gasteiger partial charge in [0, 0.05) is 19.3 Å². The second kappa shape index (κ2) is 37.7. The summed E-state index contributed by atoms with van der Waals surface area (Å²) in [6, 6.07) is 0. The van der Waals surface area contributed by atoms with E-state index in [2.05, 4.69) is 41.5 Å². The summed E-state index contributed by atoms with van der Waals surface area (Å²) in [6.45, 7) is 13.6. The van der Waals surface area contributed by atoms with Crippen molar-refractivity contribution in [2.75, 3.05) is 13.2 Å². The number of hydrogen-bond donors (Lipinski definition) is 0. The molecule has 0 aromatic heterocycles. The monoisotopic (exact) mass is 737 g/mol. The lowest BCUT2D eigenvalue weighted by Gasteiger charge is -2.18. The van der Waals surface area contributed by atoms with Gasteiger partial charge in [0.1, 0.15) is 13.2 Å². The van der Waals surface area contributed by atoms with Crippen LogP contribution in [0.25, 0.3) is 0 Å². The lowest BCUT2D eigenvalue weighted by Crippen LogP contribution is -2.30. The van der Waals surface area contributed by atoms with E-state index in [1.807, 2.05) is 0 Å². The van der Waals surface area contributed by atoms with Crippen molar-refractivity contribution in [3.63, 3.8) is 0 Å². The van der Waals surface area contributed by atoms with Crippen molar-refractivity contribution >= 4 is 17.9 Å². The number of esters is 3. The molecule has 6 heteroatoms. The number of rotatable bonds is 39. The quantitative estimate of drug-likeness (QED) is 0.0355. The summed E-state index contributed by atoms with van der Waals surface area (Å²) in [4.78, 5) is 37.7. The Morgan fingerprint density at radius 3 is 1.00 bits per heavy atom. The van der Waals surface area contributed by atoms with E-state index >= 15 is 0 Å². The van der Waals surface area contributed by atoms with Crippen molar-refractivity contribution in [1.82, 2.24) is 0 Å². The first-order valence-electron chi connectivity index (χ1n) is 22.7. The van der Waals surface area contributed by atoms with Crippen LogP contribution >= 0.6 is 0 Å². The number of carbonyl (C=O) groups is 3. The Morgan fingerprint density at radius 2 is 0.673 bits per heavy atom. The van der Waals surface area contributed by atoms with Crippen LogP contribution in [-0.4, -0.2) is 37.2 Å². The van der Waals surface area contributed by atoms with E-state index < -0.39 is 6.10 Å². The Bertz CT molecular complexity index is 811. The van der Waals surface area contributed by atoms with Crippen molar-refractivity contribution in [3.05, 3.63) is 0 Å². The van der Waals surface area contributed by atoms with Crippen LogP contribution in [0.15, 0.2) is 0 Å². The fourth-order valence-electron chi connectivity index (χ4n) is 6.64. The standard InChI is InChI=1S/C46H88O6/c1-7-41(5)33-27-21-15-12-13-16-23-29-35-44(47)50-38-43(39-51-45(48)36-30-24-19-18-22-28-34-42(6)8-2)52-46(49)37-31-25-17-11-9-10-14-20-26-32-40(3)4/h40-43H,7-39H2,1-6H3/t41?,42?,43-/m1/s1. The third-order valence-corrected chi connectivity index (χ3v) is 10.9. The van der Waals surface area contributed by atoms with Gasteiger partial charge in [-0.1, -0.05) is 202 Å². The maximum Gasteiger partial charge on any atom is 0.306 e. The van der Waals surface area contributed by atoms with E-state index in [9.17, 15) is 14.4 Å². The van der Waals surface area contributed by atoms with Gasteiger partial charge < -0.3 is 14.2 Å². The highest BCUT2D eigenvalue weighted by atomic mass is 16.6. The molecule has 0 aromatic carbocycles. The Balaban J connectivity index is 4.37. The van der Waals surface area contributed by atoms with Crippen LogP contribution in [0.3, 0.4) is 0 Å². The number of hydrogen-bond acceptors (Lipinski definition) is 6. The average molecular weight is 737 g/mol. The van der Waals surface area contributed by atoms with Gasteiger partial charge in [0.05, 0.1) is 0 Å². The molecule has 0 amide bonds. The van der Waals surface area contributed by atoms with E-state index in [0.717, 1.165) is 75.5 Å². The molecular weight excluding hydrogens is 648 g/mol. The Labute approximate surface area is 323 Å². The molecule has 0 radical (unpaired) electrons. The van der Waals surface area contributed by atoms with Gasteiger partial charge in [-0.3, -0.25) is 14.4 Å². The normalized spacial score (nSPS) is 13.2. The molecule has 3 atom stereocenters. The van der Waals surface area contributed by atoms with E-state index in [0.29, 0.717) is 19.3 Å². The van der Waals surface area contributed by atoms with Crippen LogP contribution in [0.2, 0.25) is 0 Å². The highest BCUT2D eigenvalue weighted by Crippen LogP contribution is 2.17. The minimum Gasteiger partial charge on any atom is -0.462 e. The van der Waals surface area contributed by atoms with Crippen LogP contribution in [0, 0.1) is 17.8 Å². The fraction of sp³-hybridized carbons (Fsp3) is 0.935. The second-order valence-electron chi connectivity index (χ2n) is 16.6. The topological polar surface area (TPSA) is 78.9 Å². The molecule has 0 aliphatic rings. The van der Waals surface area contributed by atoms with Crippen LogP contribution < -0.4 is 0 Å².